The van der Waals surface area contributed by atoms with Crippen molar-refractivity contribution in [2.24, 2.45) is 0 Å². The van der Waals surface area contributed by atoms with Crippen LogP contribution in [0, 0.1) is 12.7 Å². The molecule has 1 aromatic carbocycles. The average molecular weight is 283 g/mol. The lowest BCUT2D eigenvalue weighted by atomic mass is 10.2. The fourth-order valence-corrected chi connectivity index (χ4v) is 1.91. The van der Waals surface area contributed by atoms with Gasteiger partial charge in [0, 0.05) is 12.7 Å². The highest BCUT2D eigenvalue weighted by Crippen LogP contribution is 2.10. The van der Waals surface area contributed by atoms with Crippen LogP contribution in [-0.4, -0.2) is 19.5 Å². The summed E-state index contributed by atoms with van der Waals surface area (Å²) in [6.07, 6.45) is 6.90. The Hall–Kier alpha value is -2.76. The Kier molecular flexibility index (Phi) is 3.59. The molecule has 0 amide bonds. The predicted octanol–water partition coefficient (Wildman–Crippen LogP) is 2.72. The first-order valence-electron chi connectivity index (χ1n) is 6.52. The molecule has 0 aliphatic heterocycles. The van der Waals surface area contributed by atoms with Crippen LogP contribution in [0.2, 0.25) is 0 Å². The second-order valence-corrected chi connectivity index (χ2v) is 4.66. The van der Waals surface area contributed by atoms with E-state index >= 15 is 0 Å². The first kappa shape index (κ1) is 13.2. The molecule has 106 valence electrons. The van der Waals surface area contributed by atoms with E-state index in [0.717, 1.165) is 11.3 Å². The maximum Gasteiger partial charge on any atom is 0.158 e. The topological polar surface area (TPSA) is 55.6 Å². The molecule has 1 N–H and O–H groups in total. The molecule has 0 fully saturated rings. The zero-order valence-electron chi connectivity index (χ0n) is 11.5. The van der Waals surface area contributed by atoms with Gasteiger partial charge in [0.05, 0.1) is 18.1 Å². The number of aromatic nitrogens is 4. The van der Waals surface area contributed by atoms with Gasteiger partial charge in [0.2, 0.25) is 0 Å². The molecule has 0 saturated carbocycles. The first-order valence-corrected chi connectivity index (χ1v) is 6.52. The number of anilines is 1. The van der Waals surface area contributed by atoms with E-state index in [9.17, 15) is 4.39 Å². The summed E-state index contributed by atoms with van der Waals surface area (Å²) in [5.41, 5.74) is 1.89. The summed E-state index contributed by atoms with van der Waals surface area (Å²) in [7, 11) is 0. The Bertz CT molecular complexity index is 736. The van der Waals surface area contributed by atoms with E-state index < -0.39 is 0 Å². The van der Waals surface area contributed by atoms with Crippen molar-refractivity contribution in [3.8, 4) is 5.82 Å². The van der Waals surface area contributed by atoms with E-state index in [-0.39, 0.29) is 5.82 Å². The number of hydrogen-bond acceptors (Lipinski definition) is 4. The van der Waals surface area contributed by atoms with Gasteiger partial charge in [0.15, 0.2) is 5.82 Å². The van der Waals surface area contributed by atoms with Gasteiger partial charge in [-0.05, 0) is 24.6 Å². The Morgan fingerprint density at radius 2 is 2.00 bits per heavy atom. The van der Waals surface area contributed by atoms with Gasteiger partial charge in [-0.25, -0.2) is 14.4 Å². The second kappa shape index (κ2) is 5.70. The standard InChI is InChI=1S/C15H14FN5/c1-11-9-21(10-19-11)15-8-17-7-14(20-15)18-6-12-2-4-13(16)5-3-12/h2-5,7-10H,6H2,1H3,(H,18,20). The summed E-state index contributed by atoms with van der Waals surface area (Å²) in [5.74, 6) is 1.11. The monoisotopic (exact) mass is 283 g/mol. The molecule has 0 bridgehead atoms. The van der Waals surface area contributed by atoms with Gasteiger partial charge in [-0.3, -0.25) is 9.55 Å². The number of benzene rings is 1. The predicted molar refractivity (Wildman–Crippen MR) is 77.6 cm³/mol. The van der Waals surface area contributed by atoms with E-state index in [1.165, 1.54) is 12.1 Å². The van der Waals surface area contributed by atoms with Crippen molar-refractivity contribution in [3.63, 3.8) is 0 Å². The Labute approximate surface area is 121 Å². The third-order valence-electron chi connectivity index (χ3n) is 2.98. The molecular weight excluding hydrogens is 269 g/mol. The van der Waals surface area contributed by atoms with E-state index in [0.29, 0.717) is 18.2 Å². The lowest BCUT2D eigenvalue weighted by Crippen LogP contribution is -2.04. The van der Waals surface area contributed by atoms with Gasteiger partial charge in [-0.15, -0.1) is 0 Å². The van der Waals surface area contributed by atoms with E-state index in [1.807, 2.05) is 17.7 Å². The molecule has 0 unspecified atom stereocenters. The lowest BCUT2D eigenvalue weighted by Gasteiger charge is -2.07. The van der Waals surface area contributed by atoms with Crippen molar-refractivity contribution in [2.75, 3.05) is 5.32 Å². The summed E-state index contributed by atoms with van der Waals surface area (Å²) < 4.78 is 14.7. The normalized spacial score (nSPS) is 10.6. The van der Waals surface area contributed by atoms with Crippen LogP contribution in [0.4, 0.5) is 10.2 Å². The fourth-order valence-electron chi connectivity index (χ4n) is 1.91. The van der Waals surface area contributed by atoms with Crippen LogP contribution >= 0.6 is 0 Å². The molecule has 0 aliphatic carbocycles. The van der Waals surface area contributed by atoms with E-state index in [2.05, 4.69) is 20.3 Å². The number of nitrogens with zero attached hydrogens (tertiary/aromatic N) is 4. The summed E-state index contributed by atoms with van der Waals surface area (Å²) in [5, 5.41) is 3.17. The molecule has 0 radical (unpaired) electrons. The van der Waals surface area contributed by atoms with Crippen molar-refractivity contribution in [1.29, 1.82) is 0 Å². The van der Waals surface area contributed by atoms with Crippen molar-refractivity contribution >= 4 is 5.82 Å². The Morgan fingerprint density at radius 1 is 1.19 bits per heavy atom. The highest BCUT2D eigenvalue weighted by Gasteiger charge is 2.02. The average Bonchev–Trinajstić information content (AvgIpc) is 2.94. The minimum Gasteiger partial charge on any atom is -0.365 e. The SMILES string of the molecule is Cc1cn(-c2cncc(NCc3ccc(F)cc3)n2)cn1. The molecule has 3 rings (SSSR count). The highest BCUT2D eigenvalue weighted by atomic mass is 19.1. The molecule has 5 nitrogen and oxygen atoms in total. The number of rotatable bonds is 4. The molecular formula is C15H14FN5. The van der Waals surface area contributed by atoms with Crippen LogP contribution in [-0.2, 0) is 6.54 Å². The smallest absolute Gasteiger partial charge is 0.158 e. The van der Waals surface area contributed by atoms with Gasteiger partial charge in [-0.2, -0.15) is 0 Å². The van der Waals surface area contributed by atoms with Gasteiger partial charge in [-0.1, -0.05) is 12.1 Å². The van der Waals surface area contributed by atoms with Crippen molar-refractivity contribution < 1.29 is 4.39 Å². The quantitative estimate of drug-likeness (QED) is 0.800. The molecule has 0 atom stereocenters. The van der Waals surface area contributed by atoms with Gasteiger partial charge >= 0.3 is 0 Å². The van der Waals surface area contributed by atoms with Crippen LogP contribution in [0.5, 0.6) is 0 Å². The van der Waals surface area contributed by atoms with Crippen molar-refractivity contribution in [1.82, 2.24) is 19.5 Å². The third kappa shape index (κ3) is 3.22. The zero-order valence-corrected chi connectivity index (χ0v) is 11.5. The van der Waals surface area contributed by atoms with Crippen molar-refractivity contribution in [3.05, 3.63) is 66.3 Å². The number of imidazole rings is 1. The molecule has 6 heteroatoms. The van der Waals surface area contributed by atoms with Crippen LogP contribution in [0.25, 0.3) is 5.82 Å². The van der Waals surface area contributed by atoms with E-state index in [1.54, 1.807) is 30.9 Å². The van der Waals surface area contributed by atoms with Crippen LogP contribution in [0.15, 0.2) is 49.2 Å². The minimum absolute atomic E-state index is 0.240. The summed E-state index contributed by atoms with van der Waals surface area (Å²) in [6.45, 7) is 2.47. The third-order valence-corrected chi connectivity index (χ3v) is 2.98. The molecule has 3 aromatic rings. The van der Waals surface area contributed by atoms with Crippen LogP contribution in [0.3, 0.4) is 0 Å². The molecule has 2 aromatic heterocycles. The molecule has 0 saturated heterocycles. The largest absolute Gasteiger partial charge is 0.365 e. The minimum atomic E-state index is -0.240. The lowest BCUT2D eigenvalue weighted by molar-refractivity contribution is 0.627. The summed E-state index contributed by atoms with van der Waals surface area (Å²) in [6, 6.07) is 6.35. The maximum atomic E-state index is 12.8. The number of halogens is 1. The van der Waals surface area contributed by atoms with Gasteiger partial charge < -0.3 is 5.32 Å². The second-order valence-electron chi connectivity index (χ2n) is 4.66. The molecule has 0 aliphatic rings. The van der Waals surface area contributed by atoms with Crippen LogP contribution in [0.1, 0.15) is 11.3 Å². The zero-order chi connectivity index (χ0) is 14.7. The Balaban J connectivity index is 1.73. The molecule has 0 spiro atoms. The Morgan fingerprint density at radius 3 is 2.71 bits per heavy atom. The number of hydrogen-bond donors (Lipinski definition) is 1. The molecule has 2 heterocycles. The number of nitrogens with one attached hydrogen (secondary N) is 1. The highest BCUT2D eigenvalue weighted by molar-refractivity contribution is 5.37. The van der Waals surface area contributed by atoms with Gasteiger partial charge in [0.1, 0.15) is 18.0 Å². The maximum absolute atomic E-state index is 12.8. The summed E-state index contributed by atoms with van der Waals surface area (Å²) >= 11 is 0. The van der Waals surface area contributed by atoms with Crippen LogP contribution < -0.4 is 5.32 Å². The van der Waals surface area contributed by atoms with Gasteiger partial charge in [0.25, 0.3) is 0 Å². The molecule has 21 heavy (non-hydrogen) atoms. The summed E-state index contributed by atoms with van der Waals surface area (Å²) in [4.78, 5) is 12.8. The number of aryl methyl sites for hydroxylation is 1. The fraction of sp³-hybridized carbons (Fsp3) is 0.133. The van der Waals surface area contributed by atoms with Crippen molar-refractivity contribution in [2.45, 2.75) is 13.5 Å². The first-order chi connectivity index (χ1) is 10.2. The van der Waals surface area contributed by atoms with E-state index in [4.69, 9.17) is 0 Å².